The van der Waals surface area contributed by atoms with Gasteiger partial charge in [0.1, 0.15) is 6.54 Å². The van der Waals surface area contributed by atoms with Crippen LogP contribution in [0.3, 0.4) is 0 Å². The Morgan fingerprint density at radius 1 is 1.19 bits per heavy atom. The van der Waals surface area contributed by atoms with Crippen molar-refractivity contribution < 1.29 is 4.79 Å². The normalized spacial score (nSPS) is 12.0. The van der Waals surface area contributed by atoms with Crippen molar-refractivity contribution in [1.29, 1.82) is 0 Å². The smallest absolute Gasteiger partial charge is 0.250 e. The second-order valence-corrected chi connectivity index (χ2v) is 7.28. The van der Waals surface area contributed by atoms with E-state index in [-0.39, 0.29) is 23.6 Å². The van der Waals surface area contributed by atoms with Gasteiger partial charge >= 0.3 is 0 Å². The van der Waals surface area contributed by atoms with E-state index >= 15 is 0 Å². The summed E-state index contributed by atoms with van der Waals surface area (Å²) < 4.78 is 1.79. The van der Waals surface area contributed by atoms with Gasteiger partial charge in [-0.3, -0.25) is 9.59 Å². The molecule has 1 heterocycles. The summed E-state index contributed by atoms with van der Waals surface area (Å²) in [6, 6.07) is 5.31. The van der Waals surface area contributed by atoms with Crippen molar-refractivity contribution >= 4 is 11.9 Å². The van der Waals surface area contributed by atoms with Gasteiger partial charge in [0.25, 0.3) is 5.56 Å². The number of nitrogens with zero attached hydrogens (tertiary/aromatic N) is 2. The van der Waals surface area contributed by atoms with Crippen LogP contribution >= 0.6 is 0 Å². The van der Waals surface area contributed by atoms with E-state index in [0.29, 0.717) is 12.5 Å². The Hall–Kier alpha value is -2.31. The van der Waals surface area contributed by atoms with E-state index in [4.69, 9.17) is 0 Å². The summed E-state index contributed by atoms with van der Waals surface area (Å²) in [5.41, 5.74) is 0.759. The first-order valence-electron chi connectivity index (χ1n) is 9.22. The first kappa shape index (κ1) is 21.7. The van der Waals surface area contributed by atoms with Crippen LogP contribution in [0.4, 0.5) is 0 Å². The Morgan fingerprint density at radius 3 is 2.54 bits per heavy atom. The molecule has 1 aromatic heterocycles. The molecule has 26 heavy (non-hydrogen) atoms. The van der Waals surface area contributed by atoms with Crippen molar-refractivity contribution in [2.24, 2.45) is 4.99 Å². The van der Waals surface area contributed by atoms with Gasteiger partial charge in [-0.05, 0) is 53.5 Å². The Morgan fingerprint density at radius 2 is 1.92 bits per heavy atom. The van der Waals surface area contributed by atoms with Crippen LogP contribution in [0, 0.1) is 6.92 Å². The van der Waals surface area contributed by atoms with Gasteiger partial charge in [-0.15, -0.1) is 0 Å². The molecule has 1 amide bonds. The second kappa shape index (κ2) is 10.6. The van der Waals surface area contributed by atoms with Crippen molar-refractivity contribution in [3.05, 3.63) is 34.2 Å². The molecule has 1 aromatic rings. The minimum absolute atomic E-state index is 0.0396. The lowest BCUT2D eigenvalue weighted by molar-refractivity contribution is -0.121. The predicted molar refractivity (Wildman–Crippen MR) is 107 cm³/mol. The van der Waals surface area contributed by atoms with Crippen molar-refractivity contribution in [1.82, 2.24) is 20.5 Å². The second-order valence-electron chi connectivity index (χ2n) is 7.28. The van der Waals surface area contributed by atoms with Crippen LogP contribution in [-0.4, -0.2) is 41.6 Å². The molecule has 0 aliphatic heterocycles. The molecule has 0 fully saturated rings. The summed E-state index contributed by atoms with van der Waals surface area (Å²) in [5, 5.41) is 9.24. The summed E-state index contributed by atoms with van der Waals surface area (Å²) in [4.78, 5) is 28.0. The van der Waals surface area contributed by atoms with Gasteiger partial charge in [-0.2, -0.15) is 0 Å². The maximum atomic E-state index is 11.9. The van der Waals surface area contributed by atoms with Crippen LogP contribution in [0.15, 0.2) is 28.0 Å². The van der Waals surface area contributed by atoms with Gasteiger partial charge in [0.2, 0.25) is 5.91 Å². The monoisotopic (exact) mass is 363 g/mol. The molecule has 7 nitrogen and oxygen atoms in total. The highest BCUT2D eigenvalue weighted by Gasteiger charge is 2.13. The molecule has 7 heteroatoms. The van der Waals surface area contributed by atoms with Crippen molar-refractivity contribution in [3.8, 4) is 0 Å². The SMILES string of the molecule is CCNC(=NCC(=O)NC(C)(C)C)NCCCCn1c(C)cccc1=O. The number of hydrogen-bond donors (Lipinski definition) is 3. The van der Waals surface area contributed by atoms with Gasteiger partial charge in [0.15, 0.2) is 5.96 Å². The largest absolute Gasteiger partial charge is 0.357 e. The molecule has 0 saturated heterocycles. The van der Waals surface area contributed by atoms with Crippen LogP contribution in [0.5, 0.6) is 0 Å². The van der Waals surface area contributed by atoms with Gasteiger partial charge in [0.05, 0.1) is 0 Å². The third kappa shape index (κ3) is 8.69. The first-order valence-corrected chi connectivity index (χ1v) is 9.22. The Balaban J connectivity index is 2.40. The maximum absolute atomic E-state index is 11.9. The van der Waals surface area contributed by atoms with Gasteiger partial charge in [-0.1, -0.05) is 6.07 Å². The Bertz CT molecular complexity index is 659. The lowest BCUT2D eigenvalue weighted by atomic mass is 10.1. The molecular weight excluding hydrogens is 330 g/mol. The standard InChI is InChI=1S/C19H33N5O2/c1-6-20-18(22-14-16(25)23-19(3,4)5)21-12-7-8-13-24-15(2)10-9-11-17(24)26/h9-11H,6-8,12-14H2,1-5H3,(H,23,25)(H2,20,21,22). The molecule has 3 N–H and O–H groups in total. The number of carbonyl (C=O) groups is 1. The van der Waals surface area contributed by atoms with E-state index in [1.165, 1.54) is 0 Å². The average Bonchev–Trinajstić information content (AvgIpc) is 2.53. The number of rotatable bonds is 8. The zero-order valence-electron chi connectivity index (χ0n) is 16.7. The van der Waals surface area contributed by atoms with Crippen LogP contribution in [0.1, 0.15) is 46.2 Å². The molecule has 1 rings (SSSR count). The lowest BCUT2D eigenvalue weighted by Gasteiger charge is -2.20. The topological polar surface area (TPSA) is 87.5 Å². The van der Waals surface area contributed by atoms with Crippen LogP contribution < -0.4 is 21.5 Å². The van der Waals surface area contributed by atoms with Crippen LogP contribution in [0.25, 0.3) is 0 Å². The van der Waals surface area contributed by atoms with E-state index in [1.807, 2.05) is 40.7 Å². The molecule has 0 atom stereocenters. The van der Waals surface area contributed by atoms with Crippen molar-refractivity contribution in [2.45, 2.75) is 59.5 Å². The summed E-state index contributed by atoms with van der Waals surface area (Å²) in [6.07, 6.45) is 1.79. The number of pyridine rings is 1. The maximum Gasteiger partial charge on any atom is 0.250 e. The highest BCUT2D eigenvalue weighted by atomic mass is 16.2. The average molecular weight is 364 g/mol. The quantitative estimate of drug-likeness (QED) is 0.370. The fourth-order valence-electron chi connectivity index (χ4n) is 2.46. The molecular formula is C19H33N5O2. The number of hydrogen-bond acceptors (Lipinski definition) is 3. The summed E-state index contributed by atoms with van der Waals surface area (Å²) in [7, 11) is 0. The summed E-state index contributed by atoms with van der Waals surface area (Å²) in [6.45, 7) is 12.0. The van der Waals surface area contributed by atoms with E-state index in [2.05, 4.69) is 20.9 Å². The van der Waals surface area contributed by atoms with Crippen molar-refractivity contribution in [3.63, 3.8) is 0 Å². The summed E-state index contributed by atoms with van der Waals surface area (Å²) >= 11 is 0. The highest BCUT2D eigenvalue weighted by molar-refractivity contribution is 5.85. The van der Waals surface area contributed by atoms with E-state index in [0.717, 1.165) is 31.6 Å². The first-order chi connectivity index (χ1) is 12.2. The fraction of sp³-hybridized carbons (Fsp3) is 0.632. The number of unbranched alkanes of at least 4 members (excludes halogenated alkanes) is 1. The van der Waals surface area contributed by atoms with Gasteiger partial charge < -0.3 is 20.5 Å². The Kier molecular flexibility index (Phi) is 8.88. The number of aliphatic imine (C=N–C) groups is 1. The zero-order chi connectivity index (χ0) is 19.6. The molecule has 0 aliphatic rings. The molecule has 0 bridgehead atoms. The summed E-state index contributed by atoms with van der Waals surface area (Å²) in [5.74, 6) is 0.526. The number of aryl methyl sites for hydroxylation is 1. The number of nitrogens with one attached hydrogen (secondary N) is 3. The Labute approximate surface area is 156 Å². The fourth-order valence-corrected chi connectivity index (χ4v) is 2.46. The third-order valence-electron chi connectivity index (χ3n) is 3.61. The number of carbonyl (C=O) groups excluding carboxylic acids is 1. The minimum Gasteiger partial charge on any atom is -0.357 e. The van der Waals surface area contributed by atoms with Crippen molar-refractivity contribution in [2.75, 3.05) is 19.6 Å². The third-order valence-corrected chi connectivity index (χ3v) is 3.61. The molecule has 146 valence electrons. The molecule has 0 spiro atoms. The van der Waals surface area contributed by atoms with E-state index in [1.54, 1.807) is 16.7 Å². The highest BCUT2D eigenvalue weighted by Crippen LogP contribution is 1.98. The van der Waals surface area contributed by atoms with Crippen LogP contribution in [0.2, 0.25) is 0 Å². The molecule has 0 aliphatic carbocycles. The minimum atomic E-state index is -0.258. The number of amides is 1. The number of guanidine groups is 1. The number of aromatic nitrogens is 1. The van der Waals surface area contributed by atoms with E-state index in [9.17, 15) is 9.59 Å². The molecule has 0 saturated carbocycles. The molecule has 0 radical (unpaired) electrons. The van der Waals surface area contributed by atoms with Gasteiger partial charge in [-0.25, -0.2) is 4.99 Å². The molecule has 0 aromatic carbocycles. The lowest BCUT2D eigenvalue weighted by Crippen LogP contribution is -2.43. The van der Waals surface area contributed by atoms with E-state index < -0.39 is 0 Å². The molecule has 0 unspecified atom stereocenters. The van der Waals surface area contributed by atoms with Crippen LogP contribution in [-0.2, 0) is 11.3 Å². The predicted octanol–water partition coefficient (Wildman–Crippen LogP) is 1.41. The zero-order valence-corrected chi connectivity index (χ0v) is 16.7. The van der Waals surface area contributed by atoms with Gasteiger partial charge in [0, 0.05) is 36.9 Å².